The number of hydrogen-bond donors (Lipinski definition) is 2. The highest BCUT2D eigenvalue weighted by molar-refractivity contribution is 5.71. The molecule has 5 rings (SSSR count). The first kappa shape index (κ1) is 23.2. The number of anilines is 2. The van der Waals surface area contributed by atoms with Crippen molar-refractivity contribution in [2.75, 3.05) is 18.4 Å². The molecule has 0 spiro atoms. The van der Waals surface area contributed by atoms with Gasteiger partial charge in [-0.3, -0.25) is 19.1 Å². The summed E-state index contributed by atoms with van der Waals surface area (Å²) < 4.78 is 15.9. The van der Waals surface area contributed by atoms with Crippen molar-refractivity contribution < 1.29 is 14.3 Å². The monoisotopic (exact) mass is 476 g/mol. The number of carboxylic acids is 1. The van der Waals surface area contributed by atoms with Gasteiger partial charge in [0.25, 0.3) is 5.56 Å². The molecule has 2 N–H and O–H groups in total. The number of aliphatic carboxylic acids is 1. The van der Waals surface area contributed by atoms with E-state index in [0.717, 1.165) is 40.8 Å². The molecule has 2 fully saturated rings. The van der Waals surface area contributed by atoms with Gasteiger partial charge in [0.2, 0.25) is 0 Å². The molecular weight excluding hydrogens is 447 g/mol. The van der Waals surface area contributed by atoms with Gasteiger partial charge in [0.15, 0.2) is 5.82 Å². The average Bonchev–Trinajstić information content (AvgIpc) is 3.60. The molecule has 182 valence electrons. The first-order valence-corrected chi connectivity index (χ1v) is 11.9. The van der Waals surface area contributed by atoms with E-state index >= 15 is 0 Å². The van der Waals surface area contributed by atoms with Crippen LogP contribution in [0.3, 0.4) is 0 Å². The minimum Gasteiger partial charge on any atom is -0.481 e. The van der Waals surface area contributed by atoms with E-state index in [-0.39, 0.29) is 29.0 Å². The highest BCUT2D eigenvalue weighted by Crippen LogP contribution is 2.42. The topological polar surface area (TPSA) is 87.5 Å². The number of nitrogens with zero attached hydrogens (tertiary/aromatic N) is 3. The van der Waals surface area contributed by atoms with Gasteiger partial charge in [0.1, 0.15) is 5.82 Å². The van der Waals surface area contributed by atoms with Gasteiger partial charge in [0, 0.05) is 43.4 Å². The Kier molecular flexibility index (Phi) is 5.92. The minimum atomic E-state index is -0.744. The van der Waals surface area contributed by atoms with Crippen LogP contribution in [0.15, 0.2) is 41.5 Å². The van der Waals surface area contributed by atoms with E-state index in [4.69, 9.17) is 5.11 Å². The lowest BCUT2D eigenvalue weighted by molar-refractivity contribution is -0.147. The van der Waals surface area contributed by atoms with Crippen LogP contribution < -0.4 is 10.9 Å². The Labute approximate surface area is 203 Å². The quantitative estimate of drug-likeness (QED) is 0.525. The van der Waals surface area contributed by atoms with Crippen molar-refractivity contribution in [1.29, 1.82) is 0 Å². The maximum absolute atomic E-state index is 14.4. The van der Waals surface area contributed by atoms with E-state index in [1.807, 2.05) is 32.9 Å². The second-order valence-corrected chi connectivity index (χ2v) is 9.83. The third-order valence-electron chi connectivity index (χ3n) is 7.10. The van der Waals surface area contributed by atoms with Crippen LogP contribution >= 0.6 is 0 Å². The maximum atomic E-state index is 14.4. The first-order chi connectivity index (χ1) is 16.7. The van der Waals surface area contributed by atoms with Crippen molar-refractivity contribution in [2.24, 2.45) is 5.92 Å². The van der Waals surface area contributed by atoms with Crippen molar-refractivity contribution in [3.8, 4) is 5.69 Å². The molecule has 35 heavy (non-hydrogen) atoms. The van der Waals surface area contributed by atoms with Crippen molar-refractivity contribution in [3.05, 3.63) is 80.6 Å². The molecule has 0 radical (unpaired) electrons. The molecule has 1 aromatic heterocycles. The summed E-state index contributed by atoms with van der Waals surface area (Å²) in [5.74, 6) is -0.792. The summed E-state index contributed by atoms with van der Waals surface area (Å²) in [5, 5.41) is 12.2. The second kappa shape index (κ2) is 8.92. The number of nitrogens with one attached hydrogen (secondary N) is 1. The fraction of sp³-hybridized carbons (Fsp3) is 0.370. The lowest BCUT2D eigenvalue weighted by Crippen LogP contribution is -2.49. The van der Waals surface area contributed by atoms with E-state index < -0.39 is 5.97 Å². The standard InChI is InChI=1S/C27H29FN4O3/c1-15-8-20(9-16(2)22(15)14-31-12-19(13-31)27(34)35)32-7-6-29-25(26(32)33)30-24-11-21(18-4-5-18)23(28)10-17(24)3/h6-11,18-19H,4-5,12-14H2,1-3H3,(H,29,30)(H,34,35). The van der Waals surface area contributed by atoms with Crippen LogP contribution in [0.4, 0.5) is 15.9 Å². The van der Waals surface area contributed by atoms with Gasteiger partial charge >= 0.3 is 5.97 Å². The summed E-state index contributed by atoms with van der Waals surface area (Å²) >= 11 is 0. The molecule has 1 aliphatic heterocycles. The van der Waals surface area contributed by atoms with Crippen LogP contribution in [-0.2, 0) is 11.3 Å². The Morgan fingerprint density at radius 3 is 2.43 bits per heavy atom. The Bertz CT molecular complexity index is 1350. The number of aryl methyl sites for hydroxylation is 3. The molecule has 7 nitrogen and oxygen atoms in total. The lowest BCUT2D eigenvalue weighted by atomic mass is 9.96. The third-order valence-corrected chi connectivity index (χ3v) is 7.10. The smallest absolute Gasteiger partial charge is 0.309 e. The van der Waals surface area contributed by atoms with Crippen LogP contribution in [0.1, 0.15) is 46.6 Å². The Morgan fingerprint density at radius 2 is 1.80 bits per heavy atom. The van der Waals surface area contributed by atoms with E-state index in [1.165, 1.54) is 6.07 Å². The van der Waals surface area contributed by atoms with Gasteiger partial charge in [-0.15, -0.1) is 0 Å². The third kappa shape index (κ3) is 4.58. The fourth-order valence-electron chi connectivity index (χ4n) is 4.80. The van der Waals surface area contributed by atoms with Gasteiger partial charge in [-0.05, 0) is 91.6 Å². The van der Waals surface area contributed by atoms with Crippen LogP contribution in [0.2, 0.25) is 0 Å². The van der Waals surface area contributed by atoms with E-state index in [9.17, 15) is 14.0 Å². The average molecular weight is 477 g/mol. The number of hydrogen-bond acceptors (Lipinski definition) is 5. The zero-order valence-corrected chi connectivity index (χ0v) is 20.1. The van der Waals surface area contributed by atoms with Gasteiger partial charge < -0.3 is 10.4 Å². The SMILES string of the molecule is Cc1cc(F)c(C2CC2)cc1Nc1nccn(-c2cc(C)c(CN3CC(C(=O)O)C3)c(C)c2)c1=O. The van der Waals surface area contributed by atoms with Crippen LogP contribution in [-0.4, -0.2) is 38.6 Å². The molecule has 2 aliphatic rings. The van der Waals surface area contributed by atoms with Gasteiger partial charge in [-0.1, -0.05) is 0 Å². The van der Waals surface area contributed by atoms with E-state index in [2.05, 4.69) is 15.2 Å². The zero-order valence-electron chi connectivity index (χ0n) is 20.1. The summed E-state index contributed by atoms with van der Waals surface area (Å²) in [5.41, 5.74) is 5.77. The molecule has 0 unspecified atom stereocenters. The number of carboxylic acid groups (broad SMARTS) is 1. The van der Waals surface area contributed by atoms with Crippen molar-refractivity contribution in [1.82, 2.24) is 14.5 Å². The molecule has 0 amide bonds. The van der Waals surface area contributed by atoms with Gasteiger partial charge in [-0.2, -0.15) is 0 Å². The number of halogens is 1. The predicted octanol–water partition coefficient (Wildman–Crippen LogP) is 4.43. The molecule has 2 aromatic carbocycles. The molecule has 2 heterocycles. The molecule has 8 heteroatoms. The predicted molar refractivity (Wildman–Crippen MR) is 132 cm³/mol. The minimum absolute atomic E-state index is 0.184. The Balaban J connectivity index is 1.40. The number of carbonyl (C=O) groups is 1. The lowest BCUT2D eigenvalue weighted by Gasteiger charge is -2.37. The highest BCUT2D eigenvalue weighted by atomic mass is 19.1. The molecule has 0 bridgehead atoms. The fourth-order valence-corrected chi connectivity index (χ4v) is 4.80. The number of aromatic nitrogens is 2. The number of benzene rings is 2. The van der Waals surface area contributed by atoms with Crippen LogP contribution in [0.5, 0.6) is 0 Å². The molecule has 1 saturated heterocycles. The van der Waals surface area contributed by atoms with Crippen molar-refractivity contribution in [3.63, 3.8) is 0 Å². The van der Waals surface area contributed by atoms with Crippen molar-refractivity contribution >= 4 is 17.5 Å². The first-order valence-electron chi connectivity index (χ1n) is 11.9. The second-order valence-electron chi connectivity index (χ2n) is 9.83. The molecule has 0 atom stereocenters. The molecule has 1 aliphatic carbocycles. The number of likely N-dealkylation sites (tertiary alicyclic amines) is 1. The van der Waals surface area contributed by atoms with Crippen molar-refractivity contribution in [2.45, 2.75) is 46.1 Å². The zero-order chi connectivity index (χ0) is 24.9. The number of rotatable bonds is 7. The van der Waals surface area contributed by atoms with E-state index in [0.29, 0.717) is 30.9 Å². The summed E-state index contributed by atoms with van der Waals surface area (Å²) in [6.45, 7) is 7.62. The summed E-state index contributed by atoms with van der Waals surface area (Å²) in [4.78, 5) is 30.8. The van der Waals surface area contributed by atoms with Gasteiger partial charge in [-0.25, -0.2) is 9.37 Å². The summed E-state index contributed by atoms with van der Waals surface area (Å²) in [6.07, 6.45) is 5.20. The largest absolute Gasteiger partial charge is 0.481 e. The van der Waals surface area contributed by atoms with E-state index in [1.54, 1.807) is 23.0 Å². The van der Waals surface area contributed by atoms with Gasteiger partial charge in [0.05, 0.1) is 5.92 Å². The highest BCUT2D eigenvalue weighted by Gasteiger charge is 2.32. The summed E-state index contributed by atoms with van der Waals surface area (Å²) in [6, 6.07) is 7.25. The molecule has 1 saturated carbocycles. The maximum Gasteiger partial charge on any atom is 0.309 e. The van der Waals surface area contributed by atoms with Crippen LogP contribution in [0.25, 0.3) is 5.69 Å². The van der Waals surface area contributed by atoms with Crippen LogP contribution in [0, 0.1) is 32.5 Å². The molecule has 3 aromatic rings. The Morgan fingerprint density at radius 1 is 1.11 bits per heavy atom. The summed E-state index contributed by atoms with van der Waals surface area (Å²) in [7, 11) is 0. The molecular formula is C27H29FN4O3. The Hall–Kier alpha value is -3.52. The normalized spacial score (nSPS) is 16.2.